The topological polar surface area (TPSA) is 26.3 Å². The Bertz CT molecular complexity index is 169. The van der Waals surface area contributed by atoms with Crippen LogP contribution in [0.3, 0.4) is 0 Å². The highest BCUT2D eigenvalue weighted by atomic mass is 79.9. The smallest absolute Gasteiger partial charge is 0.407 e. The van der Waals surface area contributed by atoms with Crippen molar-refractivity contribution in [2.45, 2.75) is 24.3 Å². The van der Waals surface area contributed by atoms with Crippen molar-refractivity contribution in [1.82, 2.24) is 0 Å². The number of ether oxygens (including phenoxy) is 1. The fraction of sp³-hybridized carbons (Fsp3) is 0.800. The Kier molecular flexibility index (Phi) is 3.95. The number of hydrogen-bond acceptors (Lipinski definition) is 2. The van der Waals surface area contributed by atoms with E-state index in [1.54, 1.807) is 0 Å². The van der Waals surface area contributed by atoms with Gasteiger partial charge in [0.05, 0.1) is 0 Å². The summed E-state index contributed by atoms with van der Waals surface area (Å²) in [4.78, 5) is 7.56. The van der Waals surface area contributed by atoms with Gasteiger partial charge in [0.15, 0.2) is 4.83 Å². The molecule has 0 aromatic carbocycles. The third-order valence-corrected chi connectivity index (χ3v) is 1.76. The van der Waals surface area contributed by atoms with Gasteiger partial charge < -0.3 is 4.74 Å². The number of carbonyl (C=O) groups excluding carboxylic acids is 1. The Balaban J connectivity index is 4.10. The first-order valence-electron chi connectivity index (χ1n) is 2.77. The molecule has 0 heterocycles. The molecule has 0 spiro atoms. The quantitative estimate of drug-likeness (QED) is 0.428. The second-order valence-electron chi connectivity index (χ2n) is 1.90. The summed E-state index contributed by atoms with van der Waals surface area (Å²) in [5.41, 5.74) is 0. The molecule has 7 heteroatoms. The van der Waals surface area contributed by atoms with Crippen LogP contribution in [-0.4, -0.2) is 23.3 Å². The Labute approximate surface area is 74.0 Å². The minimum atomic E-state index is -4.77. The summed E-state index contributed by atoms with van der Waals surface area (Å²) in [6.45, 7) is 0.822. The summed E-state index contributed by atoms with van der Waals surface area (Å²) >= 11 is 2.01. The molecule has 0 N–H and O–H groups in total. The fourth-order valence-electron chi connectivity index (χ4n) is 0.367. The van der Waals surface area contributed by atoms with E-state index in [4.69, 9.17) is 0 Å². The van der Waals surface area contributed by atoms with Crippen molar-refractivity contribution >= 4 is 21.9 Å². The van der Waals surface area contributed by atoms with Crippen molar-refractivity contribution in [2.24, 2.45) is 0 Å². The van der Waals surface area contributed by atoms with Crippen LogP contribution in [0.4, 0.5) is 17.6 Å². The van der Waals surface area contributed by atoms with Gasteiger partial charge in [0, 0.05) is 6.92 Å². The molecule has 0 saturated heterocycles. The highest BCUT2D eigenvalue weighted by molar-refractivity contribution is 9.09. The van der Waals surface area contributed by atoms with E-state index in [0.29, 0.717) is 0 Å². The van der Waals surface area contributed by atoms with Gasteiger partial charge in [0.2, 0.25) is 0 Å². The maximum atomic E-state index is 12.3. The van der Waals surface area contributed by atoms with Crippen LogP contribution >= 0.6 is 15.9 Å². The third-order valence-electron chi connectivity index (χ3n) is 0.821. The van der Waals surface area contributed by atoms with E-state index in [9.17, 15) is 22.4 Å². The van der Waals surface area contributed by atoms with Crippen LogP contribution < -0.4 is 0 Å². The van der Waals surface area contributed by atoms with Crippen LogP contribution in [0.15, 0.2) is 0 Å². The largest absolute Gasteiger partial charge is 0.430 e. The van der Waals surface area contributed by atoms with Gasteiger partial charge in [-0.05, 0) is 0 Å². The van der Waals surface area contributed by atoms with Crippen LogP contribution in [0, 0.1) is 0 Å². The normalized spacial score (nSPS) is 16.8. The van der Waals surface area contributed by atoms with E-state index < -0.39 is 23.3 Å². The standard InChI is InChI=1S/C5H5BrF4O2/c1-2(11)12-4(7)3(6)5(8,9)10/h3-4H,1H3. The van der Waals surface area contributed by atoms with Gasteiger partial charge in [-0.15, -0.1) is 0 Å². The van der Waals surface area contributed by atoms with Crippen LogP contribution in [0.25, 0.3) is 0 Å². The number of halogens is 5. The van der Waals surface area contributed by atoms with Crippen molar-refractivity contribution in [3.63, 3.8) is 0 Å². The third kappa shape index (κ3) is 3.89. The van der Waals surface area contributed by atoms with Crippen molar-refractivity contribution in [1.29, 1.82) is 0 Å². The molecule has 2 nitrogen and oxygen atoms in total. The van der Waals surface area contributed by atoms with E-state index in [1.165, 1.54) is 0 Å². The minimum absolute atomic E-state index is 0.822. The van der Waals surface area contributed by atoms with Gasteiger partial charge in [-0.2, -0.15) is 13.2 Å². The van der Waals surface area contributed by atoms with Gasteiger partial charge in [-0.25, -0.2) is 4.39 Å². The molecular weight excluding hydrogens is 248 g/mol. The van der Waals surface area contributed by atoms with Gasteiger partial charge in [0.25, 0.3) is 6.36 Å². The highest BCUT2D eigenvalue weighted by Gasteiger charge is 2.45. The lowest BCUT2D eigenvalue weighted by molar-refractivity contribution is -0.182. The zero-order chi connectivity index (χ0) is 9.94. The number of hydrogen-bond donors (Lipinski definition) is 0. The summed E-state index contributed by atoms with van der Waals surface area (Å²) in [5, 5.41) is 0. The Morgan fingerprint density at radius 1 is 1.50 bits per heavy atom. The molecule has 0 aliphatic carbocycles. The zero-order valence-corrected chi connectivity index (χ0v) is 7.45. The van der Waals surface area contributed by atoms with Crippen LogP contribution in [0.5, 0.6) is 0 Å². The average molecular weight is 253 g/mol. The average Bonchev–Trinajstić information content (AvgIpc) is 1.82. The molecule has 2 atom stereocenters. The molecule has 0 aromatic rings. The van der Waals surface area contributed by atoms with E-state index in [1.807, 2.05) is 15.9 Å². The predicted octanol–water partition coefficient (Wildman–Crippen LogP) is 2.17. The van der Waals surface area contributed by atoms with Crippen molar-refractivity contribution in [3.8, 4) is 0 Å². The van der Waals surface area contributed by atoms with Crippen molar-refractivity contribution < 1.29 is 27.1 Å². The second-order valence-corrected chi connectivity index (χ2v) is 2.89. The van der Waals surface area contributed by atoms with Gasteiger partial charge in [-0.1, -0.05) is 15.9 Å². The Morgan fingerprint density at radius 2 is 1.92 bits per heavy atom. The summed E-state index contributed by atoms with van der Waals surface area (Å²) in [6, 6.07) is 0. The molecule has 0 radical (unpaired) electrons. The number of alkyl halides is 5. The lowest BCUT2D eigenvalue weighted by Crippen LogP contribution is -2.34. The van der Waals surface area contributed by atoms with E-state index in [2.05, 4.69) is 4.74 Å². The molecule has 2 unspecified atom stereocenters. The molecule has 0 aliphatic rings. The minimum Gasteiger partial charge on any atom is -0.430 e. The number of esters is 1. The molecule has 12 heavy (non-hydrogen) atoms. The molecule has 0 fully saturated rings. The first kappa shape index (κ1) is 11.7. The maximum Gasteiger partial charge on any atom is 0.407 e. The van der Waals surface area contributed by atoms with Crippen molar-refractivity contribution in [3.05, 3.63) is 0 Å². The Hall–Kier alpha value is -0.330. The maximum absolute atomic E-state index is 12.3. The predicted molar refractivity (Wildman–Crippen MR) is 35.4 cm³/mol. The molecule has 0 rings (SSSR count). The van der Waals surface area contributed by atoms with E-state index in [0.717, 1.165) is 6.92 Å². The SMILES string of the molecule is CC(=O)OC(F)C(Br)C(F)(F)F. The zero-order valence-electron chi connectivity index (χ0n) is 5.86. The van der Waals surface area contributed by atoms with E-state index >= 15 is 0 Å². The summed E-state index contributed by atoms with van der Waals surface area (Å²) in [7, 11) is 0. The molecule has 0 aliphatic heterocycles. The molecule has 0 bridgehead atoms. The van der Waals surface area contributed by atoms with Gasteiger partial charge >= 0.3 is 12.1 Å². The van der Waals surface area contributed by atoms with Crippen LogP contribution in [-0.2, 0) is 9.53 Å². The monoisotopic (exact) mass is 252 g/mol. The molecule has 0 aromatic heterocycles. The first-order chi connectivity index (χ1) is 5.25. The Morgan fingerprint density at radius 3 is 2.17 bits per heavy atom. The summed E-state index contributed by atoms with van der Waals surface area (Å²) in [6.07, 6.45) is -7.48. The number of carbonyl (C=O) groups is 1. The first-order valence-corrected chi connectivity index (χ1v) is 3.69. The molecular formula is C5H5BrF4O2. The lowest BCUT2D eigenvalue weighted by Gasteiger charge is -2.17. The van der Waals surface area contributed by atoms with Crippen molar-refractivity contribution in [2.75, 3.05) is 0 Å². The van der Waals surface area contributed by atoms with Crippen LogP contribution in [0.2, 0.25) is 0 Å². The molecule has 0 saturated carbocycles. The number of rotatable bonds is 2. The molecule has 0 amide bonds. The summed E-state index contributed by atoms with van der Waals surface area (Å²) < 4.78 is 51.0. The van der Waals surface area contributed by atoms with Crippen LogP contribution in [0.1, 0.15) is 6.92 Å². The van der Waals surface area contributed by atoms with Gasteiger partial charge in [-0.3, -0.25) is 4.79 Å². The fourth-order valence-corrected chi connectivity index (χ4v) is 0.475. The van der Waals surface area contributed by atoms with Gasteiger partial charge in [0.1, 0.15) is 0 Å². The second kappa shape index (κ2) is 4.06. The van der Waals surface area contributed by atoms with E-state index in [-0.39, 0.29) is 0 Å². The molecule has 72 valence electrons. The summed E-state index contributed by atoms with van der Waals surface area (Å²) in [5.74, 6) is -1.10. The highest BCUT2D eigenvalue weighted by Crippen LogP contribution is 2.30. The lowest BCUT2D eigenvalue weighted by atomic mass is 10.4.